The number of aromatic nitrogens is 2. The molecule has 3 aromatic rings. The van der Waals surface area contributed by atoms with E-state index < -0.39 is 15.6 Å². The topological polar surface area (TPSA) is 93.5 Å². The number of rotatable bonds is 6. The average molecular weight is 461 g/mol. The van der Waals surface area contributed by atoms with Crippen molar-refractivity contribution in [3.63, 3.8) is 0 Å². The summed E-state index contributed by atoms with van der Waals surface area (Å²) >= 11 is 6.25. The zero-order chi connectivity index (χ0) is 21.8. The highest BCUT2D eigenvalue weighted by atomic mass is 35.5. The van der Waals surface area contributed by atoms with Crippen molar-refractivity contribution in [2.75, 3.05) is 31.6 Å². The van der Waals surface area contributed by atoms with Crippen molar-refractivity contribution in [2.24, 2.45) is 0 Å². The number of benzene rings is 2. The number of halogens is 1. The second-order valence-corrected chi connectivity index (χ2v) is 9.25. The van der Waals surface area contributed by atoms with Crippen molar-refractivity contribution >= 4 is 27.3 Å². The Labute approximate surface area is 185 Å². The summed E-state index contributed by atoms with van der Waals surface area (Å²) in [4.78, 5) is 12.8. The average Bonchev–Trinajstić information content (AvgIpc) is 2.81. The van der Waals surface area contributed by atoms with Gasteiger partial charge in [0.25, 0.3) is 5.56 Å². The van der Waals surface area contributed by atoms with Crippen molar-refractivity contribution in [2.45, 2.75) is 11.4 Å². The maximum absolute atomic E-state index is 12.7. The van der Waals surface area contributed by atoms with Crippen LogP contribution in [0, 0.1) is 0 Å². The molecular weight excluding hydrogens is 440 g/mol. The molecule has 162 valence electrons. The second-order valence-electron chi connectivity index (χ2n) is 6.94. The monoisotopic (exact) mass is 460 g/mol. The predicted molar refractivity (Wildman–Crippen MR) is 118 cm³/mol. The van der Waals surface area contributed by atoms with Crippen molar-refractivity contribution in [3.8, 4) is 5.69 Å². The standard InChI is InChI=1S/C21H21ClN4O4S/c22-20-19(15-24-26(21(20)27)17-4-2-1-3-5-17)23-14-16-6-8-18(9-7-16)31(28,29)25-10-12-30-13-11-25/h1-9,15,23H,10-14H2. The Morgan fingerprint density at radius 1 is 1.03 bits per heavy atom. The molecule has 2 heterocycles. The molecule has 0 amide bonds. The minimum absolute atomic E-state index is 0.0327. The van der Waals surface area contributed by atoms with Gasteiger partial charge in [0.15, 0.2) is 0 Å². The van der Waals surface area contributed by atoms with Crippen LogP contribution in [0.2, 0.25) is 5.02 Å². The Morgan fingerprint density at radius 2 is 1.71 bits per heavy atom. The number of para-hydroxylation sites is 1. The summed E-state index contributed by atoms with van der Waals surface area (Å²) in [6.45, 7) is 1.86. The fraction of sp³-hybridized carbons (Fsp3) is 0.238. The Kier molecular flexibility index (Phi) is 6.38. The summed E-state index contributed by atoms with van der Waals surface area (Å²) in [7, 11) is -3.53. The largest absolute Gasteiger partial charge is 0.379 e. The van der Waals surface area contributed by atoms with Gasteiger partial charge in [-0.1, -0.05) is 41.9 Å². The maximum Gasteiger partial charge on any atom is 0.292 e. The van der Waals surface area contributed by atoms with Crippen molar-refractivity contribution < 1.29 is 13.2 Å². The van der Waals surface area contributed by atoms with Crippen LogP contribution in [0.25, 0.3) is 5.69 Å². The molecule has 1 fully saturated rings. The number of sulfonamides is 1. The lowest BCUT2D eigenvalue weighted by molar-refractivity contribution is 0.0730. The number of nitrogens with zero attached hydrogens (tertiary/aromatic N) is 3. The van der Waals surface area contributed by atoms with E-state index in [0.29, 0.717) is 44.2 Å². The number of nitrogens with one attached hydrogen (secondary N) is 1. The smallest absolute Gasteiger partial charge is 0.292 e. The molecule has 0 radical (unpaired) electrons. The van der Waals surface area contributed by atoms with E-state index in [1.807, 2.05) is 18.2 Å². The summed E-state index contributed by atoms with van der Waals surface area (Å²) in [5.74, 6) is 0. The Hall–Kier alpha value is -2.72. The minimum atomic E-state index is -3.53. The van der Waals surface area contributed by atoms with E-state index in [4.69, 9.17) is 16.3 Å². The van der Waals surface area contributed by atoms with Gasteiger partial charge in [-0.25, -0.2) is 8.42 Å². The highest BCUT2D eigenvalue weighted by molar-refractivity contribution is 7.89. The van der Waals surface area contributed by atoms with Gasteiger partial charge in [0.2, 0.25) is 10.0 Å². The highest BCUT2D eigenvalue weighted by Gasteiger charge is 2.26. The van der Waals surface area contributed by atoms with Gasteiger partial charge in [0.05, 0.1) is 35.7 Å². The summed E-state index contributed by atoms with van der Waals surface area (Å²) in [6, 6.07) is 15.6. The Balaban J connectivity index is 1.46. The van der Waals surface area contributed by atoms with Crippen LogP contribution < -0.4 is 10.9 Å². The SMILES string of the molecule is O=c1c(Cl)c(NCc2ccc(S(=O)(=O)N3CCOCC3)cc2)cnn1-c1ccccc1. The van der Waals surface area contributed by atoms with E-state index in [1.54, 1.807) is 36.4 Å². The lowest BCUT2D eigenvalue weighted by atomic mass is 10.2. The fourth-order valence-electron chi connectivity index (χ4n) is 3.22. The van der Waals surface area contributed by atoms with Crippen molar-refractivity contribution in [1.82, 2.24) is 14.1 Å². The third kappa shape index (κ3) is 4.64. The molecule has 0 atom stereocenters. The van der Waals surface area contributed by atoms with Crippen molar-refractivity contribution in [3.05, 3.63) is 81.7 Å². The highest BCUT2D eigenvalue weighted by Crippen LogP contribution is 2.20. The van der Waals surface area contributed by atoms with Crippen LogP contribution >= 0.6 is 11.6 Å². The molecule has 1 aliphatic rings. The molecule has 1 saturated heterocycles. The molecule has 1 N–H and O–H groups in total. The Morgan fingerprint density at radius 3 is 2.39 bits per heavy atom. The quantitative estimate of drug-likeness (QED) is 0.607. The molecule has 0 bridgehead atoms. The predicted octanol–water partition coefficient (Wildman–Crippen LogP) is 2.52. The number of hydrogen-bond donors (Lipinski definition) is 1. The summed E-state index contributed by atoms with van der Waals surface area (Å²) in [5, 5.41) is 7.30. The molecule has 0 unspecified atom stereocenters. The van der Waals surface area contributed by atoms with Gasteiger partial charge >= 0.3 is 0 Å². The number of ether oxygens (including phenoxy) is 1. The lowest BCUT2D eigenvalue weighted by Gasteiger charge is -2.26. The first-order valence-electron chi connectivity index (χ1n) is 9.71. The van der Waals surface area contributed by atoms with Crippen LogP contribution in [0.3, 0.4) is 0 Å². The number of morpholine rings is 1. The van der Waals surface area contributed by atoms with E-state index >= 15 is 0 Å². The second kappa shape index (κ2) is 9.19. The first-order valence-corrected chi connectivity index (χ1v) is 11.5. The third-order valence-electron chi connectivity index (χ3n) is 4.93. The maximum atomic E-state index is 12.7. The van der Waals surface area contributed by atoms with Crippen LogP contribution in [0.4, 0.5) is 5.69 Å². The molecule has 10 heteroatoms. The van der Waals surface area contributed by atoms with E-state index in [9.17, 15) is 13.2 Å². The molecule has 0 saturated carbocycles. The van der Waals surface area contributed by atoms with E-state index in [2.05, 4.69) is 10.4 Å². The minimum Gasteiger partial charge on any atom is -0.379 e. The first kappa shape index (κ1) is 21.5. The molecule has 1 aromatic heterocycles. The number of anilines is 1. The van der Waals surface area contributed by atoms with Crippen LogP contribution in [-0.4, -0.2) is 48.8 Å². The summed E-state index contributed by atoms with van der Waals surface area (Å²) in [6.07, 6.45) is 1.49. The van der Waals surface area contributed by atoms with Gasteiger partial charge in [-0.2, -0.15) is 14.1 Å². The molecule has 0 aliphatic carbocycles. The molecular formula is C21H21ClN4O4S. The van der Waals surface area contributed by atoms with Gasteiger partial charge < -0.3 is 10.1 Å². The van der Waals surface area contributed by atoms with Crippen LogP contribution in [0.15, 0.2) is 70.5 Å². The molecule has 1 aliphatic heterocycles. The van der Waals surface area contributed by atoms with Gasteiger partial charge in [-0.3, -0.25) is 4.79 Å². The molecule has 0 spiro atoms. The molecule has 31 heavy (non-hydrogen) atoms. The van der Waals surface area contributed by atoms with Crippen LogP contribution in [0.1, 0.15) is 5.56 Å². The normalized spacial score (nSPS) is 15.0. The van der Waals surface area contributed by atoms with Gasteiger partial charge in [-0.15, -0.1) is 0 Å². The molecule has 8 nitrogen and oxygen atoms in total. The summed E-state index contributed by atoms with van der Waals surface area (Å²) in [5.41, 5.74) is 1.44. The summed E-state index contributed by atoms with van der Waals surface area (Å²) < 4.78 is 33.3. The van der Waals surface area contributed by atoms with Crippen molar-refractivity contribution in [1.29, 1.82) is 0 Å². The van der Waals surface area contributed by atoms with Crippen LogP contribution in [0.5, 0.6) is 0 Å². The van der Waals surface area contributed by atoms with Gasteiger partial charge in [0, 0.05) is 19.6 Å². The molecule has 4 rings (SSSR count). The zero-order valence-electron chi connectivity index (χ0n) is 16.6. The molecule has 2 aromatic carbocycles. The Bertz CT molecular complexity index is 1210. The van der Waals surface area contributed by atoms with E-state index in [-0.39, 0.29) is 9.92 Å². The zero-order valence-corrected chi connectivity index (χ0v) is 18.1. The fourth-order valence-corrected chi connectivity index (χ4v) is 4.83. The lowest BCUT2D eigenvalue weighted by Crippen LogP contribution is -2.40. The van der Waals surface area contributed by atoms with Gasteiger partial charge in [-0.05, 0) is 29.8 Å². The van der Waals surface area contributed by atoms with E-state index in [0.717, 1.165) is 5.56 Å². The van der Waals surface area contributed by atoms with Gasteiger partial charge in [0.1, 0.15) is 5.02 Å². The van der Waals surface area contributed by atoms with E-state index in [1.165, 1.54) is 15.2 Å². The first-order chi connectivity index (χ1) is 15.0. The number of hydrogen-bond acceptors (Lipinski definition) is 6. The third-order valence-corrected chi connectivity index (χ3v) is 7.21. The van der Waals surface area contributed by atoms with Crippen LogP contribution in [-0.2, 0) is 21.3 Å².